The van der Waals surface area contributed by atoms with Gasteiger partial charge in [0.1, 0.15) is 6.54 Å². The van der Waals surface area contributed by atoms with E-state index in [1.54, 1.807) is 0 Å². The third-order valence-corrected chi connectivity index (χ3v) is 2.03. The van der Waals surface area contributed by atoms with Crippen molar-refractivity contribution in [2.45, 2.75) is 25.7 Å². The highest BCUT2D eigenvalue weighted by molar-refractivity contribution is 9.09. The van der Waals surface area contributed by atoms with Gasteiger partial charge in [0, 0.05) is 11.8 Å². The maximum atomic E-state index is 10.9. The maximum Gasteiger partial charge on any atom is 0.322 e. The summed E-state index contributed by atoms with van der Waals surface area (Å²) in [7, 11) is 0. The molecule has 0 aliphatic carbocycles. The minimum atomic E-state index is -1.01. The highest BCUT2D eigenvalue weighted by Crippen LogP contribution is 2.01. The molecule has 76 valence electrons. The van der Waals surface area contributed by atoms with Crippen molar-refractivity contribution in [2.24, 2.45) is 0 Å². The molecule has 0 aromatic heterocycles. The lowest BCUT2D eigenvalue weighted by atomic mass is 10.2. The molecule has 0 aliphatic rings. The number of carboxylic acids is 1. The number of carbonyl (C=O) groups is 2. The van der Waals surface area contributed by atoms with E-state index < -0.39 is 5.97 Å². The van der Waals surface area contributed by atoms with Crippen molar-refractivity contribution in [3.05, 3.63) is 0 Å². The zero-order chi connectivity index (χ0) is 10.1. The van der Waals surface area contributed by atoms with Gasteiger partial charge in [-0.3, -0.25) is 9.59 Å². The average molecular weight is 252 g/mol. The minimum Gasteiger partial charge on any atom is -0.480 e. The molecule has 0 fully saturated rings. The first kappa shape index (κ1) is 12.4. The molecule has 0 unspecified atom stereocenters. The molecule has 0 aromatic carbocycles. The second kappa shape index (κ2) is 8.04. The number of hydrogen-bond donors (Lipinski definition) is 2. The zero-order valence-corrected chi connectivity index (χ0v) is 8.97. The number of alkyl halides is 1. The number of carbonyl (C=O) groups excluding carboxylic acids is 1. The van der Waals surface area contributed by atoms with E-state index >= 15 is 0 Å². The summed E-state index contributed by atoms with van der Waals surface area (Å²) >= 11 is 3.29. The number of unbranched alkanes of at least 4 members (excludes halogenated alkanes) is 2. The third kappa shape index (κ3) is 9.33. The molecular formula is C8H14BrNO3. The molecule has 0 spiro atoms. The smallest absolute Gasteiger partial charge is 0.322 e. The molecule has 0 rings (SSSR count). The fourth-order valence-electron chi connectivity index (χ4n) is 0.819. The first-order valence-corrected chi connectivity index (χ1v) is 5.33. The molecule has 5 heteroatoms. The van der Waals surface area contributed by atoms with Gasteiger partial charge in [-0.25, -0.2) is 0 Å². The van der Waals surface area contributed by atoms with Crippen LogP contribution in [0.1, 0.15) is 25.7 Å². The molecule has 0 atom stereocenters. The summed E-state index contributed by atoms with van der Waals surface area (Å²) in [5.41, 5.74) is 0. The summed E-state index contributed by atoms with van der Waals surface area (Å²) < 4.78 is 0. The Morgan fingerprint density at radius 1 is 1.23 bits per heavy atom. The Hall–Kier alpha value is -0.580. The second-order valence-corrected chi connectivity index (χ2v) is 3.46. The van der Waals surface area contributed by atoms with Crippen molar-refractivity contribution < 1.29 is 14.7 Å². The number of nitrogens with one attached hydrogen (secondary N) is 1. The molecule has 0 saturated carbocycles. The molecule has 0 saturated heterocycles. The van der Waals surface area contributed by atoms with Crippen LogP contribution in [0.3, 0.4) is 0 Å². The average Bonchev–Trinajstić information content (AvgIpc) is 2.09. The summed E-state index contributed by atoms with van der Waals surface area (Å²) in [5, 5.41) is 11.5. The van der Waals surface area contributed by atoms with Gasteiger partial charge < -0.3 is 10.4 Å². The van der Waals surface area contributed by atoms with Crippen molar-refractivity contribution in [1.29, 1.82) is 0 Å². The molecule has 0 heterocycles. The van der Waals surface area contributed by atoms with Crippen LogP contribution >= 0.6 is 15.9 Å². The number of carboxylic acid groups (broad SMARTS) is 1. The standard InChI is InChI=1S/C8H14BrNO3/c9-5-3-1-2-4-7(11)10-6-8(12)13/h1-6H2,(H,10,11)(H,12,13). The third-order valence-electron chi connectivity index (χ3n) is 1.47. The molecule has 1 amide bonds. The molecular weight excluding hydrogens is 238 g/mol. The number of hydrogen-bond acceptors (Lipinski definition) is 2. The van der Waals surface area contributed by atoms with Gasteiger partial charge >= 0.3 is 5.97 Å². The van der Waals surface area contributed by atoms with E-state index in [0.717, 1.165) is 24.6 Å². The maximum absolute atomic E-state index is 10.9. The summed E-state index contributed by atoms with van der Waals surface area (Å²) in [6.07, 6.45) is 3.27. The Labute approximate surface area is 85.8 Å². The van der Waals surface area contributed by atoms with Gasteiger partial charge in [-0.05, 0) is 12.8 Å². The lowest BCUT2D eigenvalue weighted by Crippen LogP contribution is -2.28. The largest absolute Gasteiger partial charge is 0.480 e. The van der Waals surface area contributed by atoms with Crippen molar-refractivity contribution in [1.82, 2.24) is 5.32 Å². The zero-order valence-electron chi connectivity index (χ0n) is 7.38. The predicted octanol–water partition coefficient (Wildman–Crippen LogP) is 1.14. The summed E-state index contributed by atoms with van der Waals surface area (Å²) in [6.45, 7) is -0.280. The molecule has 0 radical (unpaired) electrons. The minimum absolute atomic E-state index is 0.183. The van der Waals surface area contributed by atoms with E-state index in [4.69, 9.17) is 5.11 Å². The van der Waals surface area contributed by atoms with Crippen LogP contribution in [-0.4, -0.2) is 28.9 Å². The van der Waals surface area contributed by atoms with Crippen LogP contribution < -0.4 is 5.32 Å². The van der Waals surface area contributed by atoms with Gasteiger partial charge in [0.05, 0.1) is 0 Å². The van der Waals surface area contributed by atoms with Crippen LogP contribution in [-0.2, 0) is 9.59 Å². The quantitative estimate of drug-likeness (QED) is 0.527. The van der Waals surface area contributed by atoms with Crippen LogP contribution in [0.25, 0.3) is 0 Å². The fourth-order valence-corrected chi connectivity index (χ4v) is 1.22. The van der Waals surface area contributed by atoms with E-state index in [1.807, 2.05) is 0 Å². The first-order chi connectivity index (χ1) is 6.16. The van der Waals surface area contributed by atoms with Crippen LogP contribution in [0.15, 0.2) is 0 Å². The number of halogens is 1. The van der Waals surface area contributed by atoms with Crippen LogP contribution in [0.2, 0.25) is 0 Å². The SMILES string of the molecule is O=C(O)CNC(=O)CCCCCBr. The van der Waals surface area contributed by atoms with Crippen molar-refractivity contribution >= 4 is 27.8 Å². The molecule has 2 N–H and O–H groups in total. The van der Waals surface area contributed by atoms with Gasteiger partial charge in [0.15, 0.2) is 0 Å². The highest BCUT2D eigenvalue weighted by Gasteiger charge is 2.02. The fraction of sp³-hybridized carbons (Fsp3) is 0.750. The summed E-state index contributed by atoms with van der Waals surface area (Å²) in [5.74, 6) is -1.19. The Bertz CT molecular complexity index is 173. The highest BCUT2D eigenvalue weighted by atomic mass is 79.9. The van der Waals surface area contributed by atoms with Gasteiger partial charge in [-0.15, -0.1) is 0 Å². The van der Waals surface area contributed by atoms with Crippen LogP contribution in [0.4, 0.5) is 0 Å². The summed E-state index contributed by atoms with van der Waals surface area (Å²) in [6, 6.07) is 0. The van der Waals surface area contributed by atoms with Gasteiger partial charge in [0.2, 0.25) is 5.91 Å². The second-order valence-electron chi connectivity index (χ2n) is 2.67. The van der Waals surface area contributed by atoms with Crippen molar-refractivity contribution in [2.75, 3.05) is 11.9 Å². The Morgan fingerprint density at radius 2 is 1.92 bits per heavy atom. The van der Waals surface area contributed by atoms with Crippen LogP contribution in [0, 0.1) is 0 Å². The van der Waals surface area contributed by atoms with E-state index in [9.17, 15) is 9.59 Å². The molecule has 13 heavy (non-hydrogen) atoms. The van der Waals surface area contributed by atoms with Crippen LogP contribution in [0.5, 0.6) is 0 Å². The Morgan fingerprint density at radius 3 is 2.46 bits per heavy atom. The monoisotopic (exact) mass is 251 g/mol. The lowest BCUT2D eigenvalue weighted by Gasteiger charge is -2.01. The Balaban J connectivity index is 3.25. The van der Waals surface area contributed by atoms with Gasteiger partial charge in [-0.2, -0.15) is 0 Å². The molecule has 0 aliphatic heterocycles. The molecule has 0 bridgehead atoms. The van der Waals surface area contributed by atoms with E-state index in [2.05, 4.69) is 21.2 Å². The summed E-state index contributed by atoms with van der Waals surface area (Å²) in [4.78, 5) is 21.0. The van der Waals surface area contributed by atoms with E-state index in [0.29, 0.717) is 6.42 Å². The normalized spacial score (nSPS) is 9.62. The van der Waals surface area contributed by atoms with Gasteiger partial charge in [-0.1, -0.05) is 22.4 Å². The molecule has 0 aromatic rings. The number of aliphatic carboxylic acids is 1. The van der Waals surface area contributed by atoms with E-state index in [1.165, 1.54) is 0 Å². The van der Waals surface area contributed by atoms with E-state index in [-0.39, 0.29) is 12.5 Å². The topological polar surface area (TPSA) is 66.4 Å². The molecule has 4 nitrogen and oxygen atoms in total. The Kier molecular flexibility index (Phi) is 7.68. The predicted molar refractivity (Wildman–Crippen MR) is 52.9 cm³/mol. The van der Waals surface area contributed by atoms with Crippen molar-refractivity contribution in [3.63, 3.8) is 0 Å². The number of rotatable bonds is 7. The van der Waals surface area contributed by atoms with Crippen molar-refractivity contribution in [3.8, 4) is 0 Å². The number of amides is 1. The first-order valence-electron chi connectivity index (χ1n) is 4.21. The van der Waals surface area contributed by atoms with Gasteiger partial charge in [0.25, 0.3) is 0 Å². The lowest BCUT2D eigenvalue weighted by molar-refractivity contribution is -0.137.